The number of carbonyl (C=O) groups is 2. The van der Waals surface area contributed by atoms with Gasteiger partial charge in [0.1, 0.15) is 11.9 Å². The van der Waals surface area contributed by atoms with Crippen molar-refractivity contribution in [1.29, 1.82) is 0 Å². The van der Waals surface area contributed by atoms with Gasteiger partial charge in [-0.2, -0.15) is 0 Å². The number of ether oxygens (including phenoxy) is 1. The van der Waals surface area contributed by atoms with Crippen LogP contribution in [0.25, 0.3) is 0 Å². The highest BCUT2D eigenvalue weighted by molar-refractivity contribution is 7.11. The molecular formula is C25H24ClF3N4O5S. The van der Waals surface area contributed by atoms with Crippen molar-refractivity contribution in [3.8, 4) is 0 Å². The van der Waals surface area contributed by atoms with Crippen LogP contribution in [0.15, 0.2) is 46.0 Å². The zero-order chi connectivity index (χ0) is 28.1. The maximum absolute atomic E-state index is 15.1. The second-order valence-electron chi connectivity index (χ2n) is 9.90. The lowest BCUT2D eigenvalue weighted by Gasteiger charge is -2.44. The van der Waals surface area contributed by atoms with E-state index in [1.165, 1.54) is 35.5 Å². The standard InChI is InChI=1S/C25H24ClF3N4O5S/c1-38-23(36)19-16(11-33-13-7-24(37,10-18(34)35)9-17(33)25(28,29)8-13)31-21(22-30-4-5-39-22)32-20(19)14-3-2-12(27)6-15(14)26/h2-6,13,17,20,37H,7-11H2,1H3,(H,31,32)(H,34,35). The van der Waals surface area contributed by atoms with Gasteiger partial charge in [0.2, 0.25) is 0 Å². The molecule has 3 aliphatic heterocycles. The van der Waals surface area contributed by atoms with Gasteiger partial charge in [0, 0.05) is 46.9 Å². The zero-order valence-electron chi connectivity index (χ0n) is 20.5. The molecule has 0 aliphatic carbocycles. The van der Waals surface area contributed by atoms with Crippen LogP contribution in [-0.4, -0.2) is 75.1 Å². The third-order valence-electron chi connectivity index (χ3n) is 7.30. The fraction of sp³-hybridized carbons (Fsp3) is 0.440. The SMILES string of the molecule is COC(=O)C1=C(CN2C3CC(O)(CC(=O)O)CC2C(F)(F)C3)NC(c2nccs2)=NC1c1ccc(F)cc1Cl. The molecule has 39 heavy (non-hydrogen) atoms. The highest BCUT2D eigenvalue weighted by atomic mass is 35.5. The minimum absolute atomic E-state index is 0.000372. The number of methoxy groups -OCH3 is 1. The van der Waals surface area contributed by atoms with E-state index in [1.807, 2.05) is 0 Å². The maximum atomic E-state index is 15.1. The number of alkyl halides is 2. The normalized spacial score (nSPS) is 28.2. The number of aliphatic hydroxyl groups is 1. The van der Waals surface area contributed by atoms with Crippen molar-refractivity contribution in [3.05, 3.63) is 62.5 Å². The molecule has 1 aromatic carbocycles. The summed E-state index contributed by atoms with van der Waals surface area (Å²) in [7, 11) is 1.17. The molecule has 4 unspecified atom stereocenters. The Balaban J connectivity index is 1.58. The molecule has 4 heterocycles. The van der Waals surface area contributed by atoms with Gasteiger partial charge >= 0.3 is 11.9 Å². The quantitative estimate of drug-likeness (QED) is 0.422. The van der Waals surface area contributed by atoms with Crippen LogP contribution in [0.3, 0.4) is 0 Å². The van der Waals surface area contributed by atoms with Crippen LogP contribution in [0.5, 0.6) is 0 Å². The van der Waals surface area contributed by atoms with E-state index in [0.29, 0.717) is 10.6 Å². The van der Waals surface area contributed by atoms with E-state index < -0.39 is 66.7 Å². The summed E-state index contributed by atoms with van der Waals surface area (Å²) in [5, 5.41) is 25.3. The summed E-state index contributed by atoms with van der Waals surface area (Å²) in [6.45, 7) is -0.182. The lowest BCUT2D eigenvalue weighted by atomic mass is 9.83. The number of piperidine rings is 1. The summed E-state index contributed by atoms with van der Waals surface area (Å²) in [4.78, 5) is 34.8. The first-order chi connectivity index (χ1) is 18.4. The van der Waals surface area contributed by atoms with Crippen molar-refractivity contribution in [2.45, 2.75) is 55.3 Å². The number of amidine groups is 1. The highest BCUT2D eigenvalue weighted by Crippen LogP contribution is 2.50. The molecule has 2 aromatic rings. The summed E-state index contributed by atoms with van der Waals surface area (Å²) in [6, 6.07) is 0.260. The number of rotatable bonds is 7. The number of carbonyl (C=O) groups excluding carboxylic acids is 1. The number of thiazole rings is 1. The summed E-state index contributed by atoms with van der Waals surface area (Å²) in [6.07, 6.45) is -0.291. The molecule has 2 fully saturated rings. The molecule has 9 nitrogen and oxygen atoms in total. The lowest BCUT2D eigenvalue weighted by molar-refractivity contribution is -0.148. The van der Waals surface area contributed by atoms with Gasteiger partial charge < -0.3 is 20.3 Å². The zero-order valence-corrected chi connectivity index (χ0v) is 22.1. The molecule has 2 bridgehead atoms. The highest BCUT2D eigenvalue weighted by Gasteiger charge is 2.61. The molecule has 0 saturated carbocycles. The fourth-order valence-corrected chi connectivity index (χ4v) is 6.58. The van der Waals surface area contributed by atoms with Crippen molar-refractivity contribution in [3.63, 3.8) is 0 Å². The van der Waals surface area contributed by atoms with E-state index in [9.17, 15) is 24.2 Å². The van der Waals surface area contributed by atoms with Crippen LogP contribution in [0.4, 0.5) is 13.2 Å². The number of esters is 1. The molecule has 0 spiro atoms. The maximum Gasteiger partial charge on any atom is 0.338 e. The number of carboxylic acid groups (broad SMARTS) is 1. The molecule has 5 rings (SSSR count). The molecule has 2 saturated heterocycles. The number of aromatic nitrogens is 1. The lowest BCUT2D eigenvalue weighted by Crippen LogP contribution is -2.55. The van der Waals surface area contributed by atoms with Crippen LogP contribution in [-0.2, 0) is 14.3 Å². The van der Waals surface area contributed by atoms with Gasteiger partial charge in [0.15, 0.2) is 10.8 Å². The Bertz CT molecular complexity index is 1370. The number of carboxylic acids is 1. The summed E-state index contributed by atoms with van der Waals surface area (Å²) >= 11 is 7.61. The smallest absolute Gasteiger partial charge is 0.338 e. The van der Waals surface area contributed by atoms with Crippen LogP contribution >= 0.6 is 22.9 Å². The predicted octanol–water partition coefficient (Wildman–Crippen LogP) is 3.53. The van der Waals surface area contributed by atoms with Gasteiger partial charge in [0.25, 0.3) is 5.92 Å². The Kier molecular flexibility index (Phi) is 7.20. The minimum atomic E-state index is -3.19. The fourth-order valence-electron chi connectivity index (χ4n) is 5.72. The van der Waals surface area contributed by atoms with Crippen LogP contribution in [0, 0.1) is 5.82 Å². The number of hydrogen-bond donors (Lipinski definition) is 3. The van der Waals surface area contributed by atoms with E-state index in [1.54, 1.807) is 11.6 Å². The van der Waals surface area contributed by atoms with Gasteiger partial charge in [-0.15, -0.1) is 11.3 Å². The van der Waals surface area contributed by atoms with E-state index in [0.717, 1.165) is 6.07 Å². The second kappa shape index (κ2) is 10.2. The molecule has 0 radical (unpaired) electrons. The average Bonchev–Trinajstić information content (AvgIpc) is 3.43. The molecule has 0 amide bonds. The second-order valence-corrected chi connectivity index (χ2v) is 11.2. The van der Waals surface area contributed by atoms with Gasteiger partial charge in [-0.25, -0.2) is 22.9 Å². The monoisotopic (exact) mass is 584 g/mol. The van der Waals surface area contributed by atoms with Crippen LogP contribution in [0.1, 0.15) is 42.3 Å². The van der Waals surface area contributed by atoms with E-state index in [-0.39, 0.29) is 35.1 Å². The molecule has 4 atom stereocenters. The van der Waals surface area contributed by atoms with Crippen molar-refractivity contribution in [2.24, 2.45) is 4.99 Å². The molecular weight excluding hydrogens is 561 g/mol. The van der Waals surface area contributed by atoms with Crippen molar-refractivity contribution >= 4 is 40.7 Å². The summed E-state index contributed by atoms with van der Waals surface area (Å²) < 4.78 is 49.1. The number of aliphatic carboxylic acids is 1. The third-order valence-corrected chi connectivity index (χ3v) is 8.40. The summed E-state index contributed by atoms with van der Waals surface area (Å²) in [5.74, 6) is -5.59. The van der Waals surface area contributed by atoms with Crippen molar-refractivity contribution in [1.82, 2.24) is 15.2 Å². The van der Waals surface area contributed by atoms with Gasteiger partial charge in [-0.3, -0.25) is 14.7 Å². The summed E-state index contributed by atoms with van der Waals surface area (Å²) in [5.41, 5.74) is -1.27. The molecule has 1 aromatic heterocycles. The van der Waals surface area contributed by atoms with E-state index in [2.05, 4.69) is 15.3 Å². The Hall–Kier alpha value is -3.00. The topological polar surface area (TPSA) is 124 Å². The van der Waals surface area contributed by atoms with Crippen molar-refractivity contribution < 1.29 is 37.7 Å². The Morgan fingerprint density at radius 3 is 2.69 bits per heavy atom. The Morgan fingerprint density at radius 1 is 1.31 bits per heavy atom. The van der Waals surface area contributed by atoms with Gasteiger partial charge in [-0.05, 0) is 25.0 Å². The molecule has 14 heteroatoms. The molecule has 3 aliphatic rings. The molecule has 208 valence electrons. The van der Waals surface area contributed by atoms with Crippen LogP contribution in [0.2, 0.25) is 5.02 Å². The Morgan fingerprint density at radius 2 is 2.08 bits per heavy atom. The van der Waals surface area contributed by atoms with E-state index >= 15 is 8.78 Å². The number of hydrogen-bond acceptors (Lipinski definition) is 9. The first-order valence-corrected chi connectivity index (χ1v) is 13.3. The van der Waals surface area contributed by atoms with Crippen molar-refractivity contribution in [2.75, 3.05) is 13.7 Å². The van der Waals surface area contributed by atoms with Gasteiger partial charge in [0.05, 0.1) is 30.7 Å². The predicted molar refractivity (Wildman–Crippen MR) is 135 cm³/mol. The van der Waals surface area contributed by atoms with Crippen LogP contribution < -0.4 is 5.32 Å². The largest absolute Gasteiger partial charge is 0.481 e. The Labute approximate surface area is 230 Å². The number of benzene rings is 1. The number of fused-ring (bicyclic) bond motifs is 2. The number of halogens is 4. The number of nitrogens with one attached hydrogen (secondary N) is 1. The first-order valence-electron chi connectivity index (χ1n) is 12.0. The number of nitrogens with zero attached hydrogens (tertiary/aromatic N) is 3. The first kappa shape index (κ1) is 27.6. The molecule has 3 N–H and O–H groups in total. The minimum Gasteiger partial charge on any atom is -0.481 e. The number of aliphatic imine (C=N–C) groups is 1. The van der Waals surface area contributed by atoms with E-state index in [4.69, 9.17) is 16.3 Å². The third kappa shape index (κ3) is 5.28. The average molecular weight is 585 g/mol. The van der Waals surface area contributed by atoms with Gasteiger partial charge in [-0.1, -0.05) is 17.7 Å².